The molecule has 3 nitrogen and oxygen atoms in total. The second-order valence-corrected chi connectivity index (χ2v) is 4.81. The highest BCUT2D eigenvalue weighted by Crippen LogP contribution is 2.20. The molecular weight excluding hydrogens is 251 g/mol. The van der Waals surface area contributed by atoms with Crippen LogP contribution in [0, 0.1) is 0 Å². The van der Waals surface area contributed by atoms with Gasteiger partial charge in [0.25, 0.3) is 0 Å². The molecular formula is C10H16F3N3S. The van der Waals surface area contributed by atoms with E-state index < -0.39 is 12.6 Å². The molecule has 0 aliphatic carbocycles. The minimum atomic E-state index is -4.09. The van der Waals surface area contributed by atoms with Crippen LogP contribution in [-0.4, -0.2) is 36.7 Å². The van der Waals surface area contributed by atoms with Gasteiger partial charge in [-0.05, 0) is 14.1 Å². The standard InChI is InChI=1S/C10H16F3N3S/c1-14-5-9-15-8(7-17-9)6-16(2)4-3-10(11,12)13/h7,14H,3-6H2,1-2H3. The van der Waals surface area contributed by atoms with Gasteiger partial charge in [-0.3, -0.25) is 0 Å². The molecule has 1 N–H and O–H groups in total. The summed E-state index contributed by atoms with van der Waals surface area (Å²) < 4.78 is 36.0. The van der Waals surface area contributed by atoms with Crippen molar-refractivity contribution in [3.05, 3.63) is 16.1 Å². The van der Waals surface area contributed by atoms with E-state index >= 15 is 0 Å². The summed E-state index contributed by atoms with van der Waals surface area (Å²) in [5, 5.41) is 5.82. The Morgan fingerprint density at radius 2 is 2.18 bits per heavy atom. The normalized spacial score (nSPS) is 12.4. The summed E-state index contributed by atoms with van der Waals surface area (Å²) in [4.78, 5) is 5.95. The van der Waals surface area contributed by atoms with Crippen LogP contribution >= 0.6 is 11.3 Å². The molecule has 0 bridgehead atoms. The molecule has 0 radical (unpaired) electrons. The van der Waals surface area contributed by atoms with Crippen LogP contribution in [0.15, 0.2) is 5.38 Å². The molecule has 1 aromatic heterocycles. The van der Waals surface area contributed by atoms with Gasteiger partial charge in [-0.25, -0.2) is 4.98 Å². The van der Waals surface area contributed by atoms with E-state index in [9.17, 15) is 13.2 Å². The van der Waals surface area contributed by atoms with E-state index in [-0.39, 0.29) is 6.54 Å². The summed E-state index contributed by atoms with van der Waals surface area (Å²) in [5.74, 6) is 0. The Morgan fingerprint density at radius 1 is 1.47 bits per heavy atom. The van der Waals surface area contributed by atoms with Gasteiger partial charge in [-0.15, -0.1) is 11.3 Å². The lowest BCUT2D eigenvalue weighted by Gasteiger charge is -2.16. The van der Waals surface area contributed by atoms with Gasteiger partial charge in [0.05, 0.1) is 12.1 Å². The predicted octanol–water partition coefficient (Wildman–Crippen LogP) is 2.25. The fraction of sp³-hybridized carbons (Fsp3) is 0.700. The zero-order valence-corrected chi connectivity index (χ0v) is 10.7. The molecule has 0 spiro atoms. The third kappa shape index (κ3) is 5.99. The lowest BCUT2D eigenvalue weighted by molar-refractivity contribution is -0.137. The Morgan fingerprint density at radius 3 is 2.76 bits per heavy atom. The van der Waals surface area contributed by atoms with E-state index in [1.807, 2.05) is 12.4 Å². The molecule has 0 saturated heterocycles. The lowest BCUT2D eigenvalue weighted by atomic mass is 10.3. The van der Waals surface area contributed by atoms with Crippen molar-refractivity contribution in [1.82, 2.24) is 15.2 Å². The Kier molecular flexibility index (Phi) is 5.35. The maximum atomic E-state index is 12.0. The van der Waals surface area contributed by atoms with Gasteiger partial charge < -0.3 is 10.2 Å². The van der Waals surface area contributed by atoms with Crippen molar-refractivity contribution in [3.8, 4) is 0 Å². The monoisotopic (exact) mass is 267 g/mol. The van der Waals surface area contributed by atoms with Crippen molar-refractivity contribution >= 4 is 11.3 Å². The molecule has 1 aromatic rings. The zero-order chi connectivity index (χ0) is 12.9. The van der Waals surface area contributed by atoms with Gasteiger partial charge in [-0.2, -0.15) is 13.2 Å². The number of rotatable bonds is 6. The first-order valence-electron chi connectivity index (χ1n) is 5.24. The number of hydrogen-bond donors (Lipinski definition) is 1. The average molecular weight is 267 g/mol. The number of halogens is 3. The first-order valence-corrected chi connectivity index (χ1v) is 6.12. The zero-order valence-electron chi connectivity index (χ0n) is 9.84. The van der Waals surface area contributed by atoms with E-state index in [2.05, 4.69) is 10.3 Å². The van der Waals surface area contributed by atoms with E-state index in [4.69, 9.17) is 0 Å². The topological polar surface area (TPSA) is 28.2 Å². The molecule has 98 valence electrons. The van der Waals surface area contributed by atoms with Crippen molar-refractivity contribution < 1.29 is 13.2 Å². The summed E-state index contributed by atoms with van der Waals surface area (Å²) in [5.41, 5.74) is 0.824. The third-order valence-corrected chi connectivity index (χ3v) is 3.03. The molecule has 0 aromatic carbocycles. The summed E-state index contributed by atoms with van der Waals surface area (Å²) >= 11 is 1.52. The summed E-state index contributed by atoms with van der Waals surface area (Å²) in [6.07, 6.45) is -4.87. The fourth-order valence-electron chi connectivity index (χ4n) is 1.33. The van der Waals surface area contributed by atoms with Gasteiger partial charge in [0.2, 0.25) is 0 Å². The number of alkyl halides is 3. The molecule has 0 amide bonds. The van der Waals surface area contributed by atoms with Gasteiger partial charge in [0, 0.05) is 25.0 Å². The molecule has 0 atom stereocenters. The second-order valence-electron chi connectivity index (χ2n) is 3.87. The summed E-state index contributed by atoms with van der Waals surface area (Å²) in [7, 11) is 3.50. The molecule has 0 unspecified atom stereocenters. The summed E-state index contributed by atoms with van der Waals surface area (Å²) in [6.45, 7) is 1.15. The van der Waals surface area contributed by atoms with Crippen LogP contribution in [0.5, 0.6) is 0 Å². The van der Waals surface area contributed by atoms with E-state index in [0.717, 1.165) is 10.7 Å². The highest BCUT2D eigenvalue weighted by Gasteiger charge is 2.27. The molecule has 0 aliphatic rings. The average Bonchev–Trinajstić information content (AvgIpc) is 2.62. The number of thiazole rings is 1. The maximum absolute atomic E-state index is 12.0. The third-order valence-electron chi connectivity index (χ3n) is 2.14. The molecule has 1 heterocycles. The van der Waals surface area contributed by atoms with Crippen LogP contribution in [0.4, 0.5) is 13.2 Å². The van der Waals surface area contributed by atoms with Crippen LogP contribution in [0.2, 0.25) is 0 Å². The van der Waals surface area contributed by atoms with Crippen LogP contribution in [-0.2, 0) is 13.1 Å². The lowest BCUT2D eigenvalue weighted by Crippen LogP contribution is -2.24. The molecule has 1 rings (SSSR count). The molecule has 17 heavy (non-hydrogen) atoms. The molecule has 0 aliphatic heterocycles. The Balaban J connectivity index is 2.36. The van der Waals surface area contributed by atoms with Gasteiger partial charge in [-0.1, -0.05) is 0 Å². The van der Waals surface area contributed by atoms with Crippen molar-refractivity contribution in [3.63, 3.8) is 0 Å². The fourth-order valence-corrected chi connectivity index (χ4v) is 2.12. The molecule has 0 fully saturated rings. The van der Waals surface area contributed by atoms with Crippen LogP contribution in [0.3, 0.4) is 0 Å². The van der Waals surface area contributed by atoms with E-state index in [1.165, 1.54) is 11.3 Å². The summed E-state index contributed by atoms with van der Waals surface area (Å²) in [6, 6.07) is 0. The molecule has 0 saturated carbocycles. The Bertz CT molecular complexity index is 338. The first-order chi connectivity index (χ1) is 7.90. The minimum Gasteiger partial charge on any atom is -0.314 e. The smallest absolute Gasteiger partial charge is 0.314 e. The van der Waals surface area contributed by atoms with Crippen LogP contribution < -0.4 is 5.32 Å². The van der Waals surface area contributed by atoms with Crippen LogP contribution in [0.25, 0.3) is 0 Å². The highest BCUT2D eigenvalue weighted by molar-refractivity contribution is 7.09. The predicted molar refractivity (Wildman–Crippen MR) is 61.9 cm³/mol. The first kappa shape index (κ1) is 14.4. The molecule has 7 heteroatoms. The SMILES string of the molecule is CNCc1nc(CN(C)CCC(F)(F)F)cs1. The van der Waals surface area contributed by atoms with Crippen LogP contribution in [0.1, 0.15) is 17.1 Å². The van der Waals surface area contributed by atoms with Crippen molar-refractivity contribution in [2.45, 2.75) is 25.7 Å². The van der Waals surface area contributed by atoms with E-state index in [0.29, 0.717) is 13.1 Å². The van der Waals surface area contributed by atoms with Crippen molar-refractivity contribution in [2.24, 2.45) is 0 Å². The minimum absolute atomic E-state index is 0.00237. The van der Waals surface area contributed by atoms with Gasteiger partial charge >= 0.3 is 6.18 Å². The van der Waals surface area contributed by atoms with Gasteiger partial charge in [0.15, 0.2) is 0 Å². The number of nitrogens with zero attached hydrogens (tertiary/aromatic N) is 2. The number of nitrogens with one attached hydrogen (secondary N) is 1. The highest BCUT2D eigenvalue weighted by atomic mass is 32.1. The number of hydrogen-bond acceptors (Lipinski definition) is 4. The Labute approximate surface area is 103 Å². The second kappa shape index (κ2) is 6.32. The quantitative estimate of drug-likeness (QED) is 0.857. The van der Waals surface area contributed by atoms with Crippen molar-refractivity contribution in [2.75, 3.05) is 20.6 Å². The van der Waals surface area contributed by atoms with Crippen molar-refractivity contribution in [1.29, 1.82) is 0 Å². The largest absolute Gasteiger partial charge is 0.390 e. The Hall–Kier alpha value is -0.660. The van der Waals surface area contributed by atoms with E-state index in [1.54, 1.807) is 11.9 Å². The van der Waals surface area contributed by atoms with Gasteiger partial charge in [0.1, 0.15) is 5.01 Å². The number of aromatic nitrogens is 1. The maximum Gasteiger partial charge on any atom is 0.390 e.